The number of hydrogen-bond donors (Lipinski definition) is 1. The van der Waals surface area contributed by atoms with Crippen LogP contribution < -0.4 is 5.32 Å². The average Bonchev–Trinajstić information content (AvgIpc) is 2.65. The summed E-state index contributed by atoms with van der Waals surface area (Å²) in [7, 11) is 2.11. The SMILES string of the molecule is CNC(CC1CCCCCC1)c1ccc(C)cc1C. The van der Waals surface area contributed by atoms with Crippen LogP contribution in [0.3, 0.4) is 0 Å². The van der Waals surface area contributed by atoms with Gasteiger partial charge in [0, 0.05) is 6.04 Å². The van der Waals surface area contributed by atoms with Gasteiger partial charge >= 0.3 is 0 Å². The second kappa shape index (κ2) is 7.09. The number of rotatable bonds is 4. The summed E-state index contributed by atoms with van der Waals surface area (Å²) in [5.41, 5.74) is 4.30. The number of aryl methyl sites for hydroxylation is 2. The van der Waals surface area contributed by atoms with E-state index in [-0.39, 0.29) is 0 Å². The molecule has 0 spiro atoms. The zero-order valence-corrected chi connectivity index (χ0v) is 12.8. The quantitative estimate of drug-likeness (QED) is 0.756. The minimum atomic E-state index is 0.531. The van der Waals surface area contributed by atoms with E-state index in [4.69, 9.17) is 0 Å². The molecule has 1 unspecified atom stereocenters. The van der Waals surface area contributed by atoms with Crippen LogP contribution in [0.1, 0.15) is 67.7 Å². The van der Waals surface area contributed by atoms with Crippen molar-refractivity contribution in [1.82, 2.24) is 5.32 Å². The molecule has 1 nitrogen and oxygen atoms in total. The first-order valence-corrected chi connectivity index (χ1v) is 7.95. The number of benzene rings is 1. The summed E-state index contributed by atoms with van der Waals surface area (Å²) in [6, 6.07) is 7.42. The molecule has 19 heavy (non-hydrogen) atoms. The van der Waals surface area contributed by atoms with E-state index in [9.17, 15) is 0 Å². The Balaban J connectivity index is 2.06. The van der Waals surface area contributed by atoms with Crippen molar-refractivity contribution in [2.45, 2.75) is 64.8 Å². The maximum absolute atomic E-state index is 3.55. The summed E-state index contributed by atoms with van der Waals surface area (Å²) < 4.78 is 0. The van der Waals surface area contributed by atoms with Crippen molar-refractivity contribution >= 4 is 0 Å². The third-order valence-electron chi connectivity index (χ3n) is 4.69. The Morgan fingerprint density at radius 1 is 1.11 bits per heavy atom. The number of hydrogen-bond acceptors (Lipinski definition) is 1. The molecule has 1 saturated carbocycles. The molecule has 0 saturated heterocycles. The van der Waals surface area contributed by atoms with Crippen LogP contribution in [0.25, 0.3) is 0 Å². The molecule has 106 valence electrons. The molecule has 1 aromatic rings. The lowest BCUT2D eigenvalue weighted by Gasteiger charge is -2.24. The van der Waals surface area contributed by atoms with Crippen LogP contribution in [0.15, 0.2) is 18.2 Å². The van der Waals surface area contributed by atoms with Crippen LogP contribution in [0, 0.1) is 19.8 Å². The largest absolute Gasteiger partial charge is 0.313 e. The molecule has 1 aliphatic rings. The summed E-state index contributed by atoms with van der Waals surface area (Å²) in [6.07, 6.45) is 9.95. The highest BCUT2D eigenvalue weighted by atomic mass is 14.9. The third kappa shape index (κ3) is 4.07. The third-order valence-corrected chi connectivity index (χ3v) is 4.69. The first-order valence-electron chi connectivity index (χ1n) is 7.95. The molecule has 0 radical (unpaired) electrons. The fourth-order valence-corrected chi connectivity index (χ4v) is 3.55. The van der Waals surface area contributed by atoms with E-state index in [1.54, 1.807) is 0 Å². The molecule has 0 aromatic heterocycles. The van der Waals surface area contributed by atoms with Crippen molar-refractivity contribution in [2.24, 2.45) is 5.92 Å². The van der Waals surface area contributed by atoms with E-state index in [0.717, 1.165) is 5.92 Å². The lowest BCUT2D eigenvalue weighted by atomic mass is 9.88. The Bertz CT molecular complexity index is 389. The van der Waals surface area contributed by atoms with Crippen molar-refractivity contribution in [3.8, 4) is 0 Å². The van der Waals surface area contributed by atoms with Gasteiger partial charge in [-0.2, -0.15) is 0 Å². The van der Waals surface area contributed by atoms with E-state index in [1.165, 1.54) is 61.6 Å². The number of nitrogens with one attached hydrogen (secondary N) is 1. The fourth-order valence-electron chi connectivity index (χ4n) is 3.55. The summed E-state index contributed by atoms with van der Waals surface area (Å²) in [4.78, 5) is 0. The Hall–Kier alpha value is -0.820. The molecule has 1 fully saturated rings. The van der Waals surface area contributed by atoms with Crippen LogP contribution in [0.2, 0.25) is 0 Å². The minimum absolute atomic E-state index is 0.531. The van der Waals surface area contributed by atoms with Gasteiger partial charge in [0.2, 0.25) is 0 Å². The second-order valence-electron chi connectivity index (χ2n) is 6.29. The van der Waals surface area contributed by atoms with E-state index < -0.39 is 0 Å². The van der Waals surface area contributed by atoms with Crippen LogP contribution in [0.4, 0.5) is 0 Å². The van der Waals surface area contributed by atoms with Crippen molar-refractivity contribution in [3.63, 3.8) is 0 Å². The maximum Gasteiger partial charge on any atom is 0.0322 e. The van der Waals surface area contributed by atoms with E-state index in [1.807, 2.05) is 0 Å². The lowest BCUT2D eigenvalue weighted by molar-refractivity contribution is 0.367. The van der Waals surface area contributed by atoms with Gasteiger partial charge < -0.3 is 5.32 Å². The van der Waals surface area contributed by atoms with Crippen LogP contribution >= 0.6 is 0 Å². The van der Waals surface area contributed by atoms with E-state index in [2.05, 4.69) is 44.4 Å². The van der Waals surface area contributed by atoms with Gasteiger partial charge in [0.15, 0.2) is 0 Å². The summed E-state index contributed by atoms with van der Waals surface area (Å²) in [6.45, 7) is 4.43. The van der Waals surface area contributed by atoms with Gasteiger partial charge in [0.1, 0.15) is 0 Å². The van der Waals surface area contributed by atoms with Gasteiger partial charge in [-0.3, -0.25) is 0 Å². The Labute approximate surface area is 118 Å². The zero-order chi connectivity index (χ0) is 13.7. The zero-order valence-electron chi connectivity index (χ0n) is 12.8. The topological polar surface area (TPSA) is 12.0 Å². The van der Waals surface area contributed by atoms with Crippen molar-refractivity contribution in [1.29, 1.82) is 0 Å². The highest BCUT2D eigenvalue weighted by Gasteiger charge is 2.19. The highest BCUT2D eigenvalue weighted by Crippen LogP contribution is 2.32. The first-order chi connectivity index (χ1) is 9.20. The molecule has 1 aromatic carbocycles. The maximum atomic E-state index is 3.55. The predicted molar refractivity (Wildman–Crippen MR) is 83.5 cm³/mol. The van der Waals surface area contributed by atoms with Crippen LogP contribution in [0.5, 0.6) is 0 Å². The average molecular weight is 259 g/mol. The van der Waals surface area contributed by atoms with Crippen molar-refractivity contribution < 1.29 is 0 Å². The van der Waals surface area contributed by atoms with Crippen molar-refractivity contribution in [2.75, 3.05) is 7.05 Å². The summed E-state index contributed by atoms with van der Waals surface area (Å²) >= 11 is 0. The first kappa shape index (κ1) is 14.6. The normalized spacial score (nSPS) is 19.1. The Morgan fingerprint density at radius 3 is 2.37 bits per heavy atom. The molecule has 0 aliphatic heterocycles. The molecule has 1 atom stereocenters. The molecule has 0 amide bonds. The summed E-state index contributed by atoms with van der Waals surface area (Å²) in [5.74, 6) is 0.917. The minimum Gasteiger partial charge on any atom is -0.313 e. The fraction of sp³-hybridized carbons (Fsp3) is 0.667. The molecule has 0 heterocycles. The lowest BCUT2D eigenvalue weighted by Crippen LogP contribution is -2.20. The van der Waals surface area contributed by atoms with Gasteiger partial charge in [-0.25, -0.2) is 0 Å². The molecule has 1 aliphatic carbocycles. The molecule has 1 heteroatoms. The van der Waals surface area contributed by atoms with Crippen LogP contribution in [-0.2, 0) is 0 Å². The van der Waals surface area contributed by atoms with E-state index >= 15 is 0 Å². The van der Waals surface area contributed by atoms with Gasteiger partial charge in [0.25, 0.3) is 0 Å². The molecule has 2 rings (SSSR count). The monoisotopic (exact) mass is 259 g/mol. The Morgan fingerprint density at radius 2 is 1.79 bits per heavy atom. The van der Waals surface area contributed by atoms with Gasteiger partial charge in [-0.15, -0.1) is 0 Å². The summed E-state index contributed by atoms with van der Waals surface area (Å²) in [5, 5.41) is 3.55. The predicted octanol–water partition coefficient (Wildman–Crippen LogP) is 4.92. The van der Waals surface area contributed by atoms with Gasteiger partial charge in [0.05, 0.1) is 0 Å². The molecule has 1 N–H and O–H groups in total. The van der Waals surface area contributed by atoms with Crippen LogP contribution in [-0.4, -0.2) is 7.05 Å². The highest BCUT2D eigenvalue weighted by molar-refractivity contribution is 5.32. The van der Waals surface area contributed by atoms with E-state index in [0.29, 0.717) is 6.04 Å². The smallest absolute Gasteiger partial charge is 0.0322 e. The van der Waals surface area contributed by atoms with Gasteiger partial charge in [-0.1, -0.05) is 62.3 Å². The van der Waals surface area contributed by atoms with Crippen molar-refractivity contribution in [3.05, 3.63) is 34.9 Å². The molecular formula is C18H29N. The van der Waals surface area contributed by atoms with Gasteiger partial charge in [-0.05, 0) is 44.4 Å². The second-order valence-corrected chi connectivity index (χ2v) is 6.29. The molecular weight excluding hydrogens is 230 g/mol. The standard InChI is InChI=1S/C18H29N/c1-14-10-11-17(15(2)12-14)18(19-3)13-16-8-6-4-5-7-9-16/h10-12,16,18-19H,4-9,13H2,1-3H3. The molecule has 0 bridgehead atoms. The Kier molecular flexibility index (Phi) is 5.45.